The number of Topliss-reactive ketones (excluding diaryl/α,β-unsaturated/α-hetero) is 1. The predicted molar refractivity (Wildman–Crippen MR) is 111 cm³/mol. The first-order valence-corrected chi connectivity index (χ1v) is 9.78. The van der Waals surface area contributed by atoms with Crippen molar-refractivity contribution in [1.82, 2.24) is 5.32 Å². The zero-order valence-electron chi connectivity index (χ0n) is 17.0. The first-order valence-electron chi connectivity index (χ1n) is 9.78. The number of benzene rings is 2. The number of ketones is 1. The molecule has 0 radical (unpaired) electrons. The molecule has 1 heterocycles. The third kappa shape index (κ3) is 3.48. The average Bonchev–Trinajstić information content (AvgIpc) is 3.14. The van der Waals surface area contributed by atoms with Gasteiger partial charge >= 0.3 is 0 Å². The number of carbonyl (C=O) groups is 3. The molecule has 7 nitrogen and oxygen atoms in total. The zero-order valence-corrected chi connectivity index (χ0v) is 17.0. The number of aliphatic hydroxyl groups excluding tert-OH is 1. The van der Waals surface area contributed by atoms with Crippen LogP contribution < -0.4 is 15.0 Å². The van der Waals surface area contributed by atoms with Crippen LogP contribution in [0.4, 0.5) is 10.1 Å². The Kier molecular flexibility index (Phi) is 5.32. The second kappa shape index (κ2) is 7.96. The summed E-state index contributed by atoms with van der Waals surface area (Å²) in [5.74, 6) is -2.51. The van der Waals surface area contributed by atoms with Crippen LogP contribution in [0.3, 0.4) is 0 Å². The lowest BCUT2D eigenvalue weighted by Crippen LogP contribution is -2.44. The summed E-state index contributed by atoms with van der Waals surface area (Å²) in [6, 6.07) is 11.5. The van der Waals surface area contributed by atoms with Crippen molar-refractivity contribution in [3.8, 4) is 16.9 Å². The monoisotopic (exact) mass is 424 g/mol. The molecule has 0 fully saturated rings. The molecule has 0 spiro atoms. The standard InChI is InChI=1S/C23H21FN2O5/c1-25-22(29)15-10-18(27)21-20(15)19(28)11-26(23(21)30)17-7-6-13(9-16(17)24)12-4-3-5-14(8-12)31-2/h3-9,15,18,27H,10-11H2,1-2H3,(H,25,29). The number of hydrogen-bond acceptors (Lipinski definition) is 5. The van der Waals surface area contributed by atoms with Gasteiger partial charge in [-0.2, -0.15) is 0 Å². The number of methoxy groups -OCH3 is 1. The van der Waals surface area contributed by atoms with Crippen molar-refractivity contribution in [2.24, 2.45) is 5.92 Å². The van der Waals surface area contributed by atoms with Crippen molar-refractivity contribution in [2.75, 3.05) is 25.6 Å². The second-order valence-corrected chi connectivity index (χ2v) is 7.46. The highest BCUT2D eigenvalue weighted by atomic mass is 19.1. The normalized spacial score (nSPS) is 20.7. The number of nitrogens with zero attached hydrogens (tertiary/aromatic N) is 1. The van der Waals surface area contributed by atoms with Gasteiger partial charge in [0.15, 0.2) is 5.78 Å². The number of ether oxygens (including phenoxy) is 1. The van der Waals surface area contributed by atoms with Gasteiger partial charge in [0.25, 0.3) is 5.91 Å². The maximum absolute atomic E-state index is 15.0. The molecule has 2 amide bonds. The van der Waals surface area contributed by atoms with Crippen LogP contribution in [-0.4, -0.2) is 49.5 Å². The minimum Gasteiger partial charge on any atom is -0.497 e. The second-order valence-electron chi connectivity index (χ2n) is 7.46. The molecule has 2 atom stereocenters. The molecule has 1 aliphatic carbocycles. The Bertz CT molecular complexity index is 1130. The quantitative estimate of drug-likeness (QED) is 0.781. The van der Waals surface area contributed by atoms with Gasteiger partial charge in [0.2, 0.25) is 5.91 Å². The van der Waals surface area contributed by atoms with Crippen molar-refractivity contribution in [2.45, 2.75) is 12.5 Å². The van der Waals surface area contributed by atoms with Crippen LogP contribution >= 0.6 is 0 Å². The van der Waals surface area contributed by atoms with Gasteiger partial charge in [-0.15, -0.1) is 0 Å². The summed E-state index contributed by atoms with van der Waals surface area (Å²) in [6.07, 6.45) is -1.30. The van der Waals surface area contributed by atoms with Crippen LogP contribution in [0.2, 0.25) is 0 Å². The summed E-state index contributed by atoms with van der Waals surface area (Å²) in [6.45, 7) is -0.396. The van der Waals surface area contributed by atoms with E-state index in [4.69, 9.17) is 4.74 Å². The number of hydrogen-bond donors (Lipinski definition) is 2. The Hall–Kier alpha value is -3.52. The Labute approximate surface area is 178 Å². The first-order chi connectivity index (χ1) is 14.8. The number of halogens is 1. The van der Waals surface area contributed by atoms with Crippen molar-refractivity contribution in [3.05, 3.63) is 59.4 Å². The Balaban J connectivity index is 1.69. The fraction of sp³-hybridized carbons (Fsp3) is 0.261. The van der Waals surface area contributed by atoms with E-state index in [1.54, 1.807) is 30.3 Å². The number of anilines is 1. The fourth-order valence-corrected chi connectivity index (χ4v) is 4.19. The summed E-state index contributed by atoms with van der Waals surface area (Å²) in [5.41, 5.74) is 1.15. The number of rotatable bonds is 4. The number of carbonyl (C=O) groups excluding carboxylic acids is 3. The van der Waals surface area contributed by atoms with E-state index in [9.17, 15) is 19.5 Å². The molecule has 8 heteroatoms. The minimum atomic E-state index is -1.25. The molecular weight excluding hydrogens is 403 g/mol. The predicted octanol–water partition coefficient (Wildman–Crippen LogP) is 1.84. The average molecular weight is 424 g/mol. The molecule has 2 aromatic carbocycles. The van der Waals surface area contributed by atoms with E-state index in [1.165, 1.54) is 26.3 Å². The fourth-order valence-electron chi connectivity index (χ4n) is 4.19. The lowest BCUT2D eigenvalue weighted by atomic mass is 9.92. The van der Waals surface area contributed by atoms with Crippen molar-refractivity contribution >= 4 is 23.3 Å². The van der Waals surface area contributed by atoms with Crippen LogP contribution in [0.5, 0.6) is 5.75 Å². The first kappa shape index (κ1) is 20.7. The van der Waals surface area contributed by atoms with Crippen LogP contribution in [0, 0.1) is 11.7 Å². The molecular formula is C23H21FN2O5. The zero-order chi connectivity index (χ0) is 22.3. The van der Waals surface area contributed by atoms with E-state index in [0.29, 0.717) is 11.3 Å². The topological polar surface area (TPSA) is 95.9 Å². The molecule has 0 saturated heterocycles. The van der Waals surface area contributed by atoms with Gasteiger partial charge < -0.3 is 15.2 Å². The summed E-state index contributed by atoms with van der Waals surface area (Å²) >= 11 is 0. The lowest BCUT2D eigenvalue weighted by Gasteiger charge is -2.29. The summed E-state index contributed by atoms with van der Waals surface area (Å²) < 4.78 is 20.2. The molecule has 31 heavy (non-hydrogen) atoms. The largest absolute Gasteiger partial charge is 0.497 e. The Morgan fingerprint density at radius 2 is 1.90 bits per heavy atom. The van der Waals surface area contributed by atoms with E-state index in [2.05, 4.69) is 5.32 Å². The highest BCUT2D eigenvalue weighted by Gasteiger charge is 2.47. The van der Waals surface area contributed by atoms with Gasteiger partial charge in [-0.3, -0.25) is 19.3 Å². The highest BCUT2D eigenvalue weighted by molar-refractivity contribution is 6.22. The smallest absolute Gasteiger partial charge is 0.257 e. The van der Waals surface area contributed by atoms with E-state index < -0.39 is 42.0 Å². The molecule has 1 aliphatic heterocycles. The minimum absolute atomic E-state index is 0.0292. The maximum Gasteiger partial charge on any atom is 0.257 e. The molecule has 0 saturated carbocycles. The number of amides is 2. The number of nitrogens with one attached hydrogen (secondary N) is 1. The summed E-state index contributed by atoms with van der Waals surface area (Å²) in [7, 11) is 2.96. The molecule has 160 valence electrons. The van der Waals surface area contributed by atoms with Gasteiger partial charge in [0.05, 0.1) is 36.9 Å². The van der Waals surface area contributed by atoms with Gasteiger partial charge in [0, 0.05) is 12.6 Å². The third-order valence-electron chi connectivity index (χ3n) is 5.71. The maximum atomic E-state index is 15.0. The van der Waals surface area contributed by atoms with Gasteiger partial charge in [-0.05, 0) is 41.8 Å². The van der Waals surface area contributed by atoms with Crippen LogP contribution in [0.25, 0.3) is 11.1 Å². The van der Waals surface area contributed by atoms with Crippen molar-refractivity contribution in [1.29, 1.82) is 0 Å². The van der Waals surface area contributed by atoms with Gasteiger partial charge in [0.1, 0.15) is 11.6 Å². The summed E-state index contributed by atoms with van der Waals surface area (Å²) in [5, 5.41) is 12.8. The molecule has 4 rings (SSSR count). The molecule has 2 N–H and O–H groups in total. The van der Waals surface area contributed by atoms with E-state index >= 15 is 4.39 Å². The molecule has 2 unspecified atom stereocenters. The van der Waals surface area contributed by atoms with Crippen LogP contribution in [0.1, 0.15) is 6.42 Å². The Morgan fingerprint density at radius 3 is 2.58 bits per heavy atom. The van der Waals surface area contributed by atoms with Crippen LogP contribution in [0.15, 0.2) is 53.6 Å². The summed E-state index contributed by atoms with van der Waals surface area (Å²) in [4.78, 5) is 38.9. The van der Waals surface area contributed by atoms with Gasteiger partial charge in [-0.1, -0.05) is 18.2 Å². The van der Waals surface area contributed by atoms with E-state index in [-0.39, 0.29) is 23.3 Å². The highest BCUT2D eigenvalue weighted by Crippen LogP contribution is 2.39. The lowest BCUT2D eigenvalue weighted by molar-refractivity contribution is -0.126. The molecule has 2 aromatic rings. The van der Waals surface area contributed by atoms with Crippen LogP contribution in [-0.2, 0) is 14.4 Å². The van der Waals surface area contributed by atoms with E-state index in [0.717, 1.165) is 10.5 Å². The van der Waals surface area contributed by atoms with E-state index in [1.807, 2.05) is 0 Å². The molecule has 0 aromatic heterocycles. The van der Waals surface area contributed by atoms with Gasteiger partial charge in [-0.25, -0.2) is 4.39 Å². The SMILES string of the molecule is CNC(=O)C1CC(O)C2=C1C(=O)CN(c1ccc(-c3cccc(OC)c3)cc1F)C2=O. The third-order valence-corrected chi connectivity index (χ3v) is 5.71. The molecule has 2 aliphatic rings. The molecule has 0 bridgehead atoms. The van der Waals surface area contributed by atoms with Crippen molar-refractivity contribution < 1.29 is 28.6 Å². The van der Waals surface area contributed by atoms with Crippen molar-refractivity contribution in [3.63, 3.8) is 0 Å². The number of aliphatic hydroxyl groups is 1. The Morgan fingerprint density at radius 1 is 1.16 bits per heavy atom.